The molecule has 1 aromatic carbocycles. The Morgan fingerprint density at radius 2 is 2.12 bits per heavy atom. The highest BCUT2D eigenvalue weighted by Crippen LogP contribution is 2.22. The van der Waals surface area contributed by atoms with Crippen molar-refractivity contribution < 1.29 is 9.13 Å². The summed E-state index contributed by atoms with van der Waals surface area (Å²) in [7, 11) is 1.39. The molecular weight excluding hydrogens is 223 g/mol. The Kier molecular flexibility index (Phi) is 2.91. The fourth-order valence-corrected chi connectivity index (χ4v) is 1.53. The molecule has 0 spiro atoms. The molecule has 0 saturated carbocycles. The van der Waals surface area contributed by atoms with E-state index >= 15 is 0 Å². The van der Waals surface area contributed by atoms with Crippen molar-refractivity contribution in [3.63, 3.8) is 0 Å². The SMILES string of the molecule is COc1ccc(-c2nc(C)cc(=O)[nH]2)cc1F. The van der Waals surface area contributed by atoms with E-state index in [9.17, 15) is 9.18 Å². The second kappa shape index (κ2) is 4.37. The molecule has 0 radical (unpaired) electrons. The predicted molar refractivity (Wildman–Crippen MR) is 61.5 cm³/mol. The third kappa shape index (κ3) is 2.33. The van der Waals surface area contributed by atoms with Crippen molar-refractivity contribution in [2.45, 2.75) is 6.92 Å². The van der Waals surface area contributed by atoms with Crippen LogP contribution in [0.15, 0.2) is 29.1 Å². The van der Waals surface area contributed by atoms with Gasteiger partial charge in [-0.2, -0.15) is 0 Å². The molecule has 0 fully saturated rings. The van der Waals surface area contributed by atoms with Crippen LogP contribution < -0.4 is 10.3 Å². The van der Waals surface area contributed by atoms with Crippen molar-refractivity contribution >= 4 is 0 Å². The van der Waals surface area contributed by atoms with Crippen LogP contribution >= 0.6 is 0 Å². The van der Waals surface area contributed by atoms with Gasteiger partial charge in [-0.1, -0.05) is 0 Å². The van der Waals surface area contributed by atoms with Crippen LogP contribution in [-0.4, -0.2) is 17.1 Å². The topological polar surface area (TPSA) is 55.0 Å². The standard InChI is InChI=1S/C12H11FN2O2/c1-7-5-11(16)15-12(14-7)8-3-4-10(17-2)9(13)6-8/h3-6H,1-2H3,(H,14,15,16). The van der Waals surface area contributed by atoms with E-state index in [-0.39, 0.29) is 11.3 Å². The summed E-state index contributed by atoms with van der Waals surface area (Å²) in [5.41, 5.74) is 0.827. The lowest BCUT2D eigenvalue weighted by molar-refractivity contribution is 0.386. The van der Waals surface area contributed by atoms with E-state index in [2.05, 4.69) is 9.97 Å². The van der Waals surface area contributed by atoms with Gasteiger partial charge in [-0.05, 0) is 25.1 Å². The number of nitrogens with zero attached hydrogens (tertiary/aromatic N) is 1. The van der Waals surface area contributed by atoms with Crippen LogP contribution in [0.3, 0.4) is 0 Å². The minimum Gasteiger partial charge on any atom is -0.494 e. The van der Waals surface area contributed by atoms with Crippen LogP contribution in [0.4, 0.5) is 4.39 Å². The van der Waals surface area contributed by atoms with Crippen molar-refractivity contribution in [1.82, 2.24) is 9.97 Å². The molecule has 0 saturated heterocycles. The van der Waals surface area contributed by atoms with Gasteiger partial charge in [0.2, 0.25) is 0 Å². The summed E-state index contributed by atoms with van der Waals surface area (Å²) in [5.74, 6) is 0.00876. The van der Waals surface area contributed by atoms with Gasteiger partial charge < -0.3 is 9.72 Å². The van der Waals surface area contributed by atoms with Gasteiger partial charge in [0, 0.05) is 17.3 Å². The molecule has 0 unspecified atom stereocenters. The van der Waals surface area contributed by atoms with Crippen LogP contribution in [0.1, 0.15) is 5.69 Å². The highest BCUT2D eigenvalue weighted by molar-refractivity contribution is 5.56. The van der Waals surface area contributed by atoms with E-state index < -0.39 is 5.82 Å². The summed E-state index contributed by atoms with van der Waals surface area (Å²) in [4.78, 5) is 18.0. The molecule has 1 heterocycles. The summed E-state index contributed by atoms with van der Waals surface area (Å²) in [6.07, 6.45) is 0. The first-order valence-corrected chi connectivity index (χ1v) is 5.02. The van der Waals surface area contributed by atoms with E-state index in [1.165, 1.54) is 25.3 Å². The number of aryl methyl sites for hydroxylation is 1. The average molecular weight is 234 g/mol. The Morgan fingerprint density at radius 1 is 1.35 bits per heavy atom. The van der Waals surface area contributed by atoms with Gasteiger partial charge in [-0.15, -0.1) is 0 Å². The van der Waals surface area contributed by atoms with Crippen LogP contribution in [-0.2, 0) is 0 Å². The molecule has 2 rings (SSSR count). The summed E-state index contributed by atoms with van der Waals surface area (Å²) in [6, 6.07) is 5.78. The summed E-state index contributed by atoms with van der Waals surface area (Å²) in [5, 5.41) is 0. The third-order valence-corrected chi connectivity index (χ3v) is 2.29. The molecule has 1 aromatic heterocycles. The molecule has 5 heteroatoms. The first-order valence-electron chi connectivity index (χ1n) is 5.02. The van der Waals surface area contributed by atoms with Crippen molar-refractivity contribution in [1.29, 1.82) is 0 Å². The molecule has 0 aliphatic heterocycles. The maximum absolute atomic E-state index is 13.5. The summed E-state index contributed by atoms with van der Waals surface area (Å²) in [6.45, 7) is 1.71. The van der Waals surface area contributed by atoms with E-state index in [0.717, 1.165) is 0 Å². The quantitative estimate of drug-likeness (QED) is 0.863. The average Bonchev–Trinajstić information content (AvgIpc) is 2.27. The number of methoxy groups -OCH3 is 1. The minimum atomic E-state index is -0.492. The lowest BCUT2D eigenvalue weighted by atomic mass is 10.2. The van der Waals surface area contributed by atoms with Gasteiger partial charge in [0.25, 0.3) is 5.56 Å². The number of aromatic nitrogens is 2. The monoisotopic (exact) mass is 234 g/mol. The molecule has 88 valence electrons. The van der Waals surface area contributed by atoms with Crippen molar-refractivity contribution in [3.05, 3.63) is 46.1 Å². The summed E-state index contributed by atoms with van der Waals surface area (Å²) >= 11 is 0. The van der Waals surface area contributed by atoms with Crippen molar-refractivity contribution in [2.24, 2.45) is 0 Å². The van der Waals surface area contributed by atoms with Crippen LogP contribution in [0.25, 0.3) is 11.4 Å². The summed E-state index contributed by atoms with van der Waals surface area (Å²) < 4.78 is 18.3. The van der Waals surface area contributed by atoms with E-state index in [1.54, 1.807) is 13.0 Å². The first-order chi connectivity index (χ1) is 8.10. The molecular formula is C12H11FN2O2. The maximum atomic E-state index is 13.5. The molecule has 17 heavy (non-hydrogen) atoms. The molecule has 0 amide bonds. The van der Waals surface area contributed by atoms with Gasteiger partial charge in [-0.3, -0.25) is 4.79 Å². The number of hydrogen-bond acceptors (Lipinski definition) is 3. The molecule has 4 nitrogen and oxygen atoms in total. The van der Waals surface area contributed by atoms with Crippen LogP contribution in [0.2, 0.25) is 0 Å². The Morgan fingerprint density at radius 3 is 2.71 bits per heavy atom. The zero-order valence-corrected chi connectivity index (χ0v) is 9.45. The highest BCUT2D eigenvalue weighted by atomic mass is 19.1. The third-order valence-electron chi connectivity index (χ3n) is 2.29. The van der Waals surface area contributed by atoms with Crippen LogP contribution in [0, 0.1) is 12.7 Å². The maximum Gasteiger partial charge on any atom is 0.251 e. The number of nitrogens with one attached hydrogen (secondary N) is 1. The molecule has 0 aliphatic carbocycles. The van der Waals surface area contributed by atoms with E-state index in [4.69, 9.17) is 4.74 Å². The molecule has 2 aromatic rings. The lowest BCUT2D eigenvalue weighted by Gasteiger charge is -2.05. The number of H-pyrrole nitrogens is 1. The lowest BCUT2D eigenvalue weighted by Crippen LogP contribution is -2.08. The Bertz CT molecular complexity index is 608. The van der Waals surface area contributed by atoms with E-state index in [0.29, 0.717) is 17.1 Å². The second-order valence-electron chi connectivity index (χ2n) is 3.58. The number of hydrogen-bond donors (Lipinski definition) is 1. The normalized spacial score (nSPS) is 10.3. The smallest absolute Gasteiger partial charge is 0.251 e. The van der Waals surface area contributed by atoms with Gasteiger partial charge in [-0.25, -0.2) is 9.37 Å². The largest absolute Gasteiger partial charge is 0.494 e. The van der Waals surface area contributed by atoms with Gasteiger partial charge >= 0.3 is 0 Å². The Hall–Kier alpha value is -2.17. The number of ether oxygens (including phenoxy) is 1. The molecule has 0 bridgehead atoms. The zero-order valence-electron chi connectivity index (χ0n) is 9.45. The predicted octanol–water partition coefficient (Wildman–Crippen LogP) is 1.89. The minimum absolute atomic E-state index is 0.156. The molecule has 1 N–H and O–H groups in total. The Labute approximate surface area is 97.1 Å². The molecule has 0 atom stereocenters. The van der Waals surface area contributed by atoms with Gasteiger partial charge in [0.1, 0.15) is 5.82 Å². The second-order valence-corrected chi connectivity index (χ2v) is 3.58. The fraction of sp³-hybridized carbons (Fsp3) is 0.167. The van der Waals surface area contributed by atoms with Crippen molar-refractivity contribution in [3.8, 4) is 17.1 Å². The Balaban J connectivity index is 2.53. The van der Waals surface area contributed by atoms with Crippen LogP contribution in [0.5, 0.6) is 5.75 Å². The zero-order chi connectivity index (χ0) is 12.4. The van der Waals surface area contributed by atoms with Gasteiger partial charge in [0.05, 0.1) is 7.11 Å². The number of benzene rings is 1. The highest BCUT2D eigenvalue weighted by Gasteiger charge is 2.07. The van der Waals surface area contributed by atoms with E-state index in [1.807, 2.05) is 0 Å². The number of aromatic amines is 1. The first kappa shape index (κ1) is 11.3. The molecule has 0 aliphatic rings. The number of rotatable bonds is 2. The number of halogens is 1. The van der Waals surface area contributed by atoms with Gasteiger partial charge in [0.15, 0.2) is 11.6 Å². The fourth-order valence-electron chi connectivity index (χ4n) is 1.53. The van der Waals surface area contributed by atoms with Crippen molar-refractivity contribution in [2.75, 3.05) is 7.11 Å².